The molecule has 0 aromatic heterocycles. The largest absolute Gasteiger partial charge is 0.204 e. The van der Waals surface area contributed by atoms with Gasteiger partial charge in [0.1, 0.15) is 0 Å². The van der Waals surface area contributed by atoms with E-state index >= 15 is 0 Å². The molecule has 1 saturated carbocycles. The van der Waals surface area contributed by atoms with Crippen LogP contribution in [0.5, 0.6) is 0 Å². The summed E-state index contributed by atoms with van der Waals surface area (Å²) in [6.07, 6.45) is 14.7. The van der Waals surface area contributed by atoms with Crippen LogP contribution in [-0.2, 0) is 12.8 Å². The minimum absolute atomic E-state index is 0.372. The van der Waals surface area contributed by atoms with Crippen LogP contribution in [0.3, 0.4) is 0 Å². The average molecular weight is 397 g/mol. The van der Waals surface area contributed by atoms with Crippen molar-refractivity contribution in [1.29, 1.82) is 0 Å². The van der Waals surface area contributed by atoms with E-state index < -0.39 is 11.6 Å². The molecular formula is C27H34F2. The van der Waals surface area contributed by atoms with Gasteiger partial charge in [0.15, 0.2) is 11.6 Å². The van der Waals surface area contributed by atoms with Gasteiger partial charge in [-0.1, -0.05) is 75.8 Å². The van der Waals surface area contributed by atoms with E-state index in [1.807, 2.05) is 6.07 Å². The molecule has 0 spiro atoms. The van der Waals surface area contributed by atoms with Crippen LogP contribution < -0.4 is 0 Å². The lowest BCUT2D eigenvalue weighted by molar-refractivity contribution is 0.183. The van der Waals surface area contributed by atoms with Crippen LogP contribution in [0.15, 0.2) is 36.4 Å². The lowest BCUT2D eigenvalue weighted by Gasteiger charge is -2.36. The smallest absolute Gasteiger partial charge is 0.166 e. The summed E-state index contributed by atoms with van der Waals surface area (Å²) in [7, 11) is 0. The van der Waals surface area contributed by atoms with Gasteiger partial charge >= 0.3 is 0 Å². The SMILES string of the molecule is CCCCCC1CCC(C2CCc3cc(-c4cccc(F)c4F)ccc3C2)CC1. The summed E-state index contributed by atoms with van der Waals surface area (Å²) in [5, 5.41) is 0. The third kappa shape index (κ3) is 4.73. The van der Waals surface area contributed by atoms with Crippen LogP contribution in [-0.4, -0.2) is 0 Å². The molecule has 2 aliphatic carbocycles. The lowest BCUT2D eigenvalue weighted by Crippen LogP contribution is -2.26. The van der Waals surface area contributed by atoms with Gasteiger partial charge in [0.25, 0.3) is 0 Å². The molecule has 1 fully saturated rings. The number of fused-ring (bicyclic) bond motifs is 1. The van der Waals surface area contributed by atoms with Crippen LogP contribution in [0.25, 0.3) is 11.1 Å². The Kier molecular flexibility index (Phi) is 6.67. The van der Waals surface area contributed by atoms with Gasteiger partial charge in [-0.25, -0.2) is 8.78 Å². The van der Waals surface area contributed by atoms with Gasteiger partial charge < -0.3 is 0 Å². The van der Waals surface area contributed by atoms with Gasteiger partial charge in [-0.05, 0) is 72.6 Å². The van der Waals surface area contributed by atoms with Crippen molar-refractivity contribution in [3.63, 3.8) is 0 Å². The number of benzene rings is 2. The molecule has 2 heteroatoms. The first-order valence-electron chi connectivity index (χ1n) is 11.7. The number of rotatable bonds is 6. The van der Waals surface area contributed by atoms with E-state index in [0.717, 1.165) is 36.2 Å². The van der Waals surface area contributed by atoms with Gasteiger partial charge in [0.05, 0.1) is 0 Å². The maximum atomic E-state index is 14.2. The molecule has 0 amide bonds. The van der Waals surface area contributed by atoms with Crippen molar-refractivity contribution in [3.8, 4) is 11.1 Å². The first kappa shape index (κ1) is 20.6. The highest BCUT2D eigenvalue weighted by Gasteiger charge is 2.30. The summed E-state index contributed by atoms with van der Waals surface area (Å²) in [4.78, 5) is 0. The summed E-state index contributed by atoms with van der Waals surface area (Å²) in [6.45, 7) is 2.29. The topological polar surface area (TPSA) is 0 Å². The second-order valence-electron chi connectivity index (χ2n) is 9.36. The fraction of sp³-hybridized carbons (Fsp3) is 0.556. The van der Waals surface area contributed by atoms with E-state index in [9.17, 15) is 8.78 Å². The first-order chi connectivity index (χ1) is 14.2. The van der Waals surface area contributed by atoms with Gasteiger partial charge in [-0.3, -0.25) is 0 Å². The summed E-state index contributed by atoms with van der Waals surface area (Å²) in [5.41, 5.74) is 3.92. The lowest BCUT2D eigenvalue weighted by atomic mass is 9.69. The molecule has 2 aromatic rings. The van der Waals surface area contributed by atoms with E-state index in [2.05, 4.69) is 19.1 Å². The number of hydrogen-bond acceptors (Lipinski definition) is 0. The zero-order valence-electron chi connectivity index (χ0n) is 17.7. The molecule has 1 unspecified atom stereocenters. The zero-order chi connectivity index (χ0) is 20.2. The first-order valence-corrected chi connectivity index (χ1v) is 11.7. The van der Waals surface area contributed by atoms with Crippen molar-refractivity contribution in [1.82, 2.24) is 0 Å². The fourth-order valence-electron chi connectivity index (χ4n) is 5.71. The molecule has 0 heterocycles. The number of halogens is 2. The van der Waals surface area contributed by atoms with Crippen LogP contribution in [0, 0.1) is 29.4 Å². The molecule has 0 bridgehead atoms. The molecule has 0 N–H and O–H groups in total. The molecule has 156 valence electrons. The number of aryl methyl sites for hydroxylation is 1. The summed E-state index contributed by atoms with van der Waals surface area (Å²) in [5.74, 6) is 1.14. The second kappa shape index (κ2) is 9.41. The molecule has 0 saturated heterocycles. The predicted octanol–water partition coefficient (Wildman–Crippen LogP) is 8.12. The fourth-order valence-corrected chi connectivity index (χ4v) is 5.71. The number of hydrogen-bond donors (Lipinski definition) is 0. The summed E-state index contributed by atoms with van der Waals surface area (Å²) >= 11 is 0. The maximum absolute atomic E-state index is 14.2. The monoisotopic (exact) mass is 396 g/mol. The molecule has 1 atom stereocenters. The maximum Gasteiger partial charge on any atom is 0.166 e. The minimum atomic E-state index is -0.773. The Bertz CT molecular complexity index is 817. The summed E-state index contributed by atoms with van der Waals surface area (Å²) in [6, 6.07) is 10.7. The Hall–Kier alpha value is -1.70. The second-order valence-corrected chi connectivity index (χ2v) is 9.36. The molecule has 4 rings (SSSR count). The van der Waals surface area contributed by atoms with E-state index in [0.29, 0.717) is 5.56 Å². The van der Waals surface area contributed by atoms with Crippen LogP contribution in [0.2, 0.25) is 0 Å². The average Bonchev–Trinajstić information content (AvgIpc) is 2.76. The van der Waals surface area contributed by atoms with E-state index in [1.165, 1.54) is 75.0 Å². The Morgan fingerprint density at radius 2 is 1.69 bits per heavy atom. The van der Waals surface area contributed by atoms with E-state index in [-0.39, 0.29) is 0 Å². The molecule has 2 aliphatic rings. The normalized spacial score (nSPS) is 24.3. The van der Waals surface area contributed by atoms with E-state index in [4.69, 9.17) is 0 Å². The van der Waals surface area contributed by atoms with Crippen LogP contribution in [0.1, 0.15) is 75.8 Å². The Labute approximate surface area is 174 Å². The highest BCUT2D eigenvalue weighted by atomic mass is 19.2. The number of unbranched alkanes of at least 4 members (excludes halogenated alkanes) is 2. The predicted molar refractivity (Wildman–Crippen MR) is 117 cm³/mol. The standard InChI is InChI=1S/C27H34F2/c1-2-3-4-6-19-9-11-20(12-10-19)21-13-14-23-18-24(16-15-22(23)17-21)25-7-5-8-26(28)27(25)29/h5,7-8,15-16,18-21H,2-4,6,9-14,17H2,1H3. The highest BCUT2D eigenvalue weighted by Crippen LogP contribution is 2.41. The van der Waals surface area contributed by atoms with Crippen LogP contribution >= 0.6 is 0 Å². The summed E-state index contributed by atoms with van der Waals surface area (Å²) < 4.78 is 27.8. The third-order valence-corrected chi connectivity index (χ3v) is 7.51. The molecule has 0 radical (unpaired) electrons. The van der Waals surface area contributed by atoms with Crippen LogP contribution in [0.4, 0.5) is 8.78 Å². The van der Waals surface area contributed by atoms with Crippen molar-refractivity contribution >= 4 is 0 Å². The van der Waals surface area contributed by atoms with Crippen molar-refractivity contribution < 1.29 is 8.78 Å². The Morgan fingerprint density at radius 1 is 0.862 bits per heavy atom. The van der Waals surface area contributed by atoms with Crippen molar-refractivity contribution in [3.05, 3.63) is 59.2 Å². The molecule has 0 aliphatic heterocycles. The van der Waals surface area contributed by atoms with Gasteiger partial charge in [-0.15, -0.1) is 0 Å². The molecule has 29 heavy (non-hydrogen) atoms. The van der Waals surface area contributed by atoms with Gasteiger partial charge in [0, 0.05) is 5.56 Å². The van der Waals surface area contributed by atoms with Crippen molar-refractivity contribution in [2.24, 2.45) is 17.8 Å². The van der Waals surface area contributed by atoms with E-state index in [1.54, 1.807) is 12.1 Å². The van der Waals surface area contributed by atoms with Gasteiger partial charge in [-0.2, -0.15) is 0 Å². The third-order valence-electron chi connectivity index (χ3n) is 7.51. The Morgan fingerprint density at radius 3 is 2.48 bits per heavy atom. The highest BCUT2D eigenvalue weighted by molar-refractivity contribution is 5.66. The minimum Gasteiger partial charge on any atom is -0.204 e. The Balaban J connectivity index is 1.38. The molecule has 0 nitrogen and oxygen atoms in total. The van der Waals surface area contributed by atoms with Crippen molar-refractivity contribution in [2.75, 3.05) is 0 Å². The zero-order valence-corrected chi connectivity index (χ0v) is 17.7. The van der Waals surface area contributed by atoms with Crippen molar-refractivity contribution in [2.45, 2.75) is 77.6 Å². The molecule has 2 aromatic carbocycles. The molecular weight excluding hydrogens is 362 g/mol. The van der Waals surface area contributed by atoms with Gasteiger partial charge in [0.2, 0.25) is 0 Å². The quantitative estimate of drug-likeness (QED) is 0.432.